The van der Waals surface area contributed by atoms with E-state index in [9.17, 15) is 4.79 Å². The molecule has 0 heterocycles. The fourth-order valence-corrected chi connectivity index (χ4v) is 0.268. The van der Waals surface area contributed by atoms with Crippen LogP contribution in [0.4, 0.5) is 0 Å². The van der Waals surface area contributed by atoms with Gasteiger partial charge in [0.25, 0.3) is 0 Å². The average molecular weight is 131 g/mol. The van der Waals surface area contributed by atoms with Gasteiger partial charge < -0.3 is 11.1 Å². The third kappa shape index (κ3) is 18.8. The van der Waals surface area contributed by atoms with E-state index in [1.54, 1.807) is 0 Å². The zero-order valence-corrected chi connectivity index (χ0v) is 5.83. The molecule has 0 fully saturated rings. The summed E-state index contributed by atoms with van der Waals surface area (Å²) in [5.74, 6) is 2.49. The van der Waals surface area contributed by atoms with Gasteiger partial charge >= 0.3 is 0 Å². The molecule has 0 spiro atoms. The maximum atomic E-state index is 9.62. The molecule has 0 aliphatic rings. The molecule has 3 N–H and O–H groups in total. The number of quaternary nitrogens is 1. The number of hydrogen-bond acceptors (Lipinski definition) is 2. The SMILES string of the molecule is CC(C)C=CC=O.[NH3+][O-]. The monoisotopic (exact) mass is 131 g/mol. The Labute approximate surface area is 55.1 Å². The minimum atomic E-state index is 0.491. The van der Waals surface area contributed by atoms with Crippen LogP contribution in [0.25, 0.3) is 0 Å². The van der Waals surface area contributed by atoms with Gasteiger partial charge in [-0.1, -0.05) is 19.9 Å². The molecule has 3 nitrogen and oxygen atoms in total. The zero-order chi connectivity index (χ0) is 7.70. The van der Waals surface area contributed by atoms with E-state index in [0.717, 1.165) is 6.29 Å². The van der Waals surface area contributed by atoms with Gasteiger partial charge in [0.1, 0.15) is 6.29 Å². The van der Waals surface area contributed by atoms with Gasteiger partial charge in [-0.25, -0.2) is 0 Å². The van der Waals surface area contributed by atoms with E-state index in [2.05, 4.69) is 0 Å². The summed E-state index contributed by atoms with van der Waals surface area (Å²) >= 11 is 0. The first-order chi connectivity index (χ1) is 4.27. The first kappa shape index (κ1) is 11.2. The Kier molecular flexibility index (Phi) is 12.8. The fourth-order valence-electron chi connectivity index (χ4n) is 0.268. The molecule has 0 rings (SSSR count). The Morgan fingerprint density at radius 2 is 1.89 bits per heavy atom. The van der Waals surface area contributed by atoms with Crippen molar-refractivity contribution in [2.24, 2.45) is 5.92 Å². The van der Waals surface area contributed by atoms with E-state index in [1.165, 1.54) is 6.08 Å². The first-order valence-electron chi connectivity index (χ1n) is 2.68. The van der Waals surface area contributed by atoms with Crippen LogP contribution in [0.1, 0.15) is 13.8 Å². The van der Waals surface area contributed by atoms with Crippen molar-refractivity contribution < 1.29 is 10.7 Å². The van der Waals surface area contributed by atoms with Crippen LogP contribution in [0, 0.1) is 11.1 Å². The molecule has 0 aliphatic carbocycles. The van der Waals surface area contributed by atoms with E-state index in [1.807, 2.05) is 25.8 Å². The highest BCUT2D eigenvalue weighted by atomic mass is 16.4. The van der Waals surface area contributed by atoms with Crippen LogP contribution in [-0.2, 0) is 4.79 Å². The molecule has 0 aromatic carbocycles. The molecule has 0 aromatic rings. The molecule has 0 atom stereocenters. The van der Waals surface area contributed by atoms with Crippen molar-refractivity contribution >= 4 is 6.29 Å². The molecule has 54 valence electrons. The third-order valence-electron chi connectivity index (χ3n) is 0.575. The van der Waals surface area contributed by atoms with Crippen molar-refractivity contribution in [3.05, 3.63) is 17.4 Å². The standard InChI is InChI=1S/C6H10O.H3NO/c1-6(2)4-3-5-7;1-2/h3-6H,1-2H3;1H3. The van der Waals surface area contributed by atoms with Crippen LogP contribution in [0.15, 0.2) is 12.2 Å². The molecule has 3 heteroatoms. The van der Waals surface area contributed by atoms with Crippen LogP contribution in [0.3, 0.4) is 0 Å². The Hall–Kier alpha value is -0.670. The lowest BCUT2D eigenvalue weighted by atomic mass is 10.2. The molecule has 0 aliphatic heterocycles. The zero-order valence-electron chi connectivity index (χ0n) is 5.83. The van der Waals surface area contributed by atoms with Gasteiger partial charge in [-0.05, 0) is 12.0 Å². The largest absolute Gasteiger partial charge is 0.637 e. The predicted molar refractivity (Wildman–Crippen MR) is 36.3 cm³/mol. The molecule has 9 heavy (non-hydrogen) atoms. The van der Waals surface area contributed by atoms with Crippen molar-refractivity contribution in [1.29, 1.82) is 0 Å². The van der Waals surface area contributed by atoms with Crippen LogP contribution >= 0.6 is 0 Å². The first-order valence-corrected chi connectivity index (χ1v) is 2.68. The van der Waals surface area contributed by atoms with E-state index >= 15 is 0 Å². The molecule has 0 saturated carbocycles. The number of rotatable bonds is 2. The number of carbonyl (C=O) groups excluding carboxylic acids is 1. The molecular weight excluding hydrogens is 118 g/mol. The van der Waals surface area contributed by atoms with Gasteiger partial charge in [-0.15, -0.1) is 0 Å². The summed E-state index contributed by atoms with van der Waals surface area (Å²) in [6.07, 6.45) is 4.16. The highest BCUT2D eigenvalue weighted by molar-refractivity contribution is 5.64. The Balaban J connectivity index is 0. The third-order valence-corrected chi connectivity index (χ3v) is 0.575. The molecular formula is C6H13NO2. The van der Waals surface area contributed by atoms with Crippen molar-refractivity contribution in [3.8, 4) is 0 Å². The Morgan fingerprint density at radius 1 is 1.44 bits per heavy atom. The topological polar surface area (TPSA) is 67.8 Å². The van der Waals surface area contributed by atoms with Gasteiger partial charge in [0.2, 0.25) is 0 Å². The van der Waals surface area contributed by atoms with Crippen molar-refractivity contribution in [3.63, 3.8) is 0 Å². The van der Waals surface area contributed by atoms with Crippen LogP contribution < -0.4 is 5.90 Å². The lowest BCUT2D eigenvalue weighted by molar-refractivity contribution is -0.275. The van der Waals surface area contributed by atoms with Gasteiger partial charge in [-0.2, -0.15) is 0 Å². The molecule has 0 aromatic heterocycles. The quantitative estimate of drug-likeness (QED) is 0.328. The van der Waals surface area contributed by atoms with Crippen molar-refractivity contribution in [2.75, 3.05) is 0 Å². The Bertz CT molecular complexity index is 79.1. The summed E-state index contributed by atoms with van der Waals surface area (Å²) in [4.78, 5) is 9.62. The van der Waals surface area contributed by atoms with E-state index in [0.29, 0.717) is 5.92 Å². The number of carbonyl (C=O) groups is 1. The second-order valence-electron chi connectivity index (χ2n) is 1.76. The summed E-state index contributed by atoms with van der Waals surface area (Å²) in [7, 11) is 0. The second-order valence-corrected chi connectivity index (χ2v) is 1.76. The van der Waals surface area contributed by atoms with Gasteiger partial charge in [-0.3, -0.25) is 4.79 Å². The summed E-state index contributed by atoms with van der Waals surface area (Å²) in [5.41, 5.74) is 0. The predicted octanol–water partition coefficient (Wildman–Crippen LogP) is 0.124. The van der Waals surface area contributed by atoms with Crippen molar-refractivity contribution in [1.82, 2.24) is 0 Å². The van der Waals surface area contributed by atoms with Gasteiger partial charge in [0.15, 0.2) is 0 Å². The Morgan fingerprint density at radius 3 is 2.00 bits per heavy atom. The molecule has 0 radical (unpaired) electrons. The van der Waals surface area contributed by atoms with E-state index in [4.69, 9.17) is 5.21 Å². The highest BCUT2D eigenvalue weighted by Crippen LogP contribution is 1.90. The molecule has 0 unspecified atom stereocenters. The van der Waals surface area contributed by atoms with Crippen LogP contribution in [0.2, 0.25) is 0 Å². The lowest BCUT2D eigenvalue weighted by Crippen LogP contribution is -2.37. The highest BCUT2D eigenvalue weighted by Gasteiger charge is 1.78. The number of aldehydes is 1. The maximum Gasteiger partial charge on any atom is 0.142 e. The van der Waals surface area contributed by atoms with Gasteiger partial charge in [0, 0.05) is 0 Å². The lowest BCUT2D eigenvalue weighted by Gasteiger charge is -1.86. The maximum absolute atomic E-state index is 9.62. The number of allylic oxidation sites excluding steroid dienone is 2. The average Bonchev–Trinajstić information content (AvgIpc) is 1.88. The van der Waals surface area contributed by atoms with E-state index < -0.39 is 0 Å². The van der Waals surface area contributed by atoms with Crippen molar-refractivity contribution in [2.45, 2.75) is 13.8 Å². The summed E-state index contributed by atoms with van der Waals surface area (Å²) in [5, 5.41) is 8.00. The molecule has 0 amide bonds. The normalized spacial score (nSPS) is 9.00. The number of hydrogen-bond donors (Lipinski definition) is 1. The van der Waals surface area contributed by atoms with Crippen LogP contribution in [-0.4, -0.2) is 6.29 Å². The van der Waals surface area contributed by atoms with Crippen LogP contribution in [0.5, 0.6) is 0 Å². The smallest absolute Gasteiger partial charge is 0.142 e. The molecule has 0 saturated heterocycles. The minimum Gasteiger partial charge on any atom is -0.637 e. The summed E-state index contributed by atoms with van der Waals surface area (Å²) in [6.45, 7) is 4.06. The second kappa shape index (κ2) is 10.3. The minimum absolute atomic E-state index is 0.491. The van der Waals surface area contributed by atoms with Gasteiger partial charge in [0.05, 0.1) is 0 Å². The summed E-state index contributed by atoms with van der Waals surface area (Å²) < 4.78 is 0. The van der Waals surface area contributed by atoms with E-state index in [-0.39, 0.29) is 0 Å². The fraction of sp³-hybridized carbons (Fsp3) is 0.500. The summed E-state index contributed by atoms with van der Waals surface area (Å²) in [6, 6.07) is 0. The molecule has 0 bridgehead atoms.